The molecule has 4 nitrogen and oxygen atoms in total. The lowest BCUT2D eigenvalue weighted by Crippen LogP contribution is -2.21. The number of carbonyl (C=O) groups excluding carboxylic acids is 1. The maximum Gasteiger partial charge on any atom is 0.333 e. The van der Waals surface area contributed by atoms with Crippen LogP contribution in [0.1, 0.15) is 44.9 Å². The average Bonchev–Trinajstić information content (AvgIpc) is 3.23. The molecule has 1 aliphatic carbocycles. The first-order valence-electron chi connectivity index (χ1n) is 7.72. The number of ether oxygens (including phenoxy) is 3. The molecular formula is C16H26O4. The summed E-state index contributed by atoms with van der Waals surface area (Å²) in [6.07, 6.45) is 8.02. The Kier molecular flexibility index (Phi) is 6.05. The highest BCUT2D eigenvalue weighted by molar-refractivity contribution is 5.88. The molecule has 0 amide bonds. The number of methoxy groups -OCH3 is 1. The summed E-state index contributed by atoms with van der Waals surface area (Å²) in [5.41, 5.74) is 0.637. The van der Waals surface area contributed by atoms with E-state index < -0.39 is 0 Å². The van der Waals surface area contributed by atoms with E-state index in [4.69, 9.17) is 14.2 Å². The Balaban J connectivity index is 1.53. The van der Waals surface area contributed by atoms with Crippen molar-refractivity contribution in [2.45, 2.75) is 57.2 Å². The Hall–Kier alpha value is -0.870. The monoisotopic (exact) mass is 282 g/mol. The van der Waals surface area contributed by atoms with Gasteiger partial charge in [0.15, 0.2) is 0 Å². The van der Waals surface area contributed by atoms with E-state index >= 15 is 0 Å². The minimum absolute atomic E-state index is 0.217. The zero-order valence-electron chi connectivity index (χ0n) is 12.4. The van der Waals surface area contributed by atoms with Gasteiger partial charge in [-0.05, 0) is 44.4 Å². The van der Waals surface area contributed by atoms with Crippen molar-refractivity contribution in [2.75, 3.05) is 20.3 Å². The van der Waals surface area contributed by atoms with Gasteiger partial charge in [-0.1, -0.05) is 13.0 Å². The van der Waals surface area contributed by atoms with Crippen molar-refractivity contribution in [1.82, 2.24) is 0 Å². The number of fused-ring (bicyclic) bond motifs is 1. The molecule has 0 bridgehead atoms. The van der Waals surface area contributed by atoms with Gasteiger partial charge in [-0.2, -0.15) is 0 Å². The molecule has 0 aromatic carbocycles. The standard InChI is InChI=1S/C16H26O4/c1-12(13-7-8-14-15(11-13)20-14)16(17)19-10-6-4-3-5-9-18-2/h13-15H,1,3-11H2,2H3. The van der Waals surface area contributed by atoms with Gasteiger partial charge in [0.25, 0.3) is 0 Å². The van der Waals surface area contributed by atoms with E-state index in [0.29, 0.717) is 24.4 Å². The fraction of sp³-hybridized carbons (Fsp3) is 0.812. The van der Waals surface area contributed by atoms with Crippen LogP contribution in [0.3, 0.4) is 0 Å². The minimum Gasteiger partial charge on any atom is -0.462 e. The van der Waals surface area contributed by atoms with Crippen LogP contribution >= 0.6 is 0 Å². The lowest BCUT2D eigenvalue weighted by atomic mass is 9.84. The second-order valence-corrected chi connectivity index (χ2v) is 5.79. The second-order valence-electron chi connectivity index (χ2n) is 5.79. The molecule has 3 unspecified atom stereocenters. The summed E-state index contributed by atoms with van der Waals surface area (Å²) in [7, 11) is 1.72. The third-order valence-electron chi connectivity index (χ3n) is 4.24. The smallest absolute Gasteiger partial charge is 0.333 e. The molecule has 4 heteroatoms. The molecule has 0 spiro atoms. The molecular weight excluding hydrogens is 256 g/mol. The fourth-order valence-electron chi connectivity index (χ4n) is 2.85. The molecule has 0 N–H and O–H groups in total. The van der Waals surface area contributed by atoms with E-state index in [0.717, 1.165) is 51.6 Å². The molecule has 2 rings (SSSR count). The zero-order chi connectivity index (χ0) is 14.4. The molecule has 2 aliphatic rings. The number of rotatable bonds is 9. The predicted octanol–water partition coefficient (Wildman–Crippen LogP) is 2.86. The fourth-order valence-corrected chi connectivity index (χ4v) is 2.85. The third-order valence-corrected chi connectivity index (χ3v) is 4.24. The van der Waals surface area contributed by atoms with Gasteiger partial charge in [-0.15, -0.1) is 0 Å². The Morgan fingerprint density at radius 2 is 1.90 bits per heavy atom. The largest absolute Gasteiger partial charge is 0.462 e. The van der Waals surface area contributed by atoms with Gasteiger partial charge < -0.3 is 14.2 Å². The minimum atomic E-state index is -0.217. The maximum atomic E-state index is 11.9. The lowest BCUT2D eigenvalue weighted by molar-refractivity contribution is -0.139. The molecule has 3 atom stereocenters. The van der Waals surface area contributed by atoms with Crippen LogP contribution in [0.2, 0.25) is 0 Å². The SMILES string of the molecule is C=C(C(=O)OCCCCCCOC)C1CCC2OC2C1. The summed E-state index contributed by atoms with van der Waals surface area (Å²) in [5, 5.41) is 0. The Morgan fingerprint density at radius 3 is 2.60 bits per heavy atom. The molecule has 1 aliphatic heterocycles. The summed E-state index contributed by atoms with van der Waals surface area (Å²) < 4.78 is 15.8. The Morgan fingerprint density at radius 1 is 1.15 bits per heavy atom. The Labute approximate surface area is 121 Å². The lowest BCUT2D eigenvalue weighted by Gasteiger charge is -2.20. The van der Waals surface area contributed by atoms with Crippen molar-refractivity contribution >= 4 is 5.97 Å². The molecule has 1 saturated carbocycles. The van der Waals surface area contributed by atoms with E-state index in [1.54, 1.807) is 7.11 Å². The van der Waals surface area contributed by atoms with Crippen LogP contribution in [0.25, 0.3) is 0 Å². The third kappa shape index (κ3) is 4.60. The van der Waals surface area contributed by atoms with E-state index in [-0.39, 0.29) is 11.9 Å². The highest BCUT2D eigenvalue weighted by atomic mass is 16.6. The normalized spacial score (nSPS) is 27.8. The van der Waals surface area contributed by atoms with Crippen LogP contribution in [0, 0.1) is 5.92 Å². The second kappa shape index (κ2) is 7.79. The first-order chi connectivity index (χ1) is 9.72. The summed E-state index contributed by atoms with van der Waals surface area (Å²) in [6, 6.07) is 0. The highest BCUT2D eigenvalue weighted by Crippen LogP contribution is 2.41. The number of carbonyl (C=O) groups is 1. The molecule has 0 aromatic rings. The highest BCUT2D eigenvalue weighted by Gasteiger charge is 2.45. The number of esters is 1. The quantitative estimate of drug-likeness (QED) is 0.282. The predicted molar refractivity (Wildman–Crippen MR) is 76.4 cm³/mol. The summed E-state index contributed by atoms with van der Waals surface area (Å²) in [6.45, 7) is 5.23. The van der Waals surface area contributed by atoms with Crippen molar-refractivity contribution in [3.63, 3.8) is 0 Å². The number of epoxide rings is 1. The van der Waals surface area contributed by atoms with Crippen LogP contribution < -0.4 is 0 Å². The molecule has 114 valence electrons. The topological polar surface area (TPSA) is 48.1 Å². The molecule has 0 aromatic heterocycles. The van der Waals surface area contributed by atoms with Crippen molar-refractivity contribution in [3.05, 3.63) is 12.2 Å². The van der Waals surface area contributed by atoms with Crippen molar-refractivity contribution < 1.29 is 19.0 Å². The Bertz CT molecular complexity index is 339. The van der Waals surface area contributed by atoms with Gasteiger partial charge in [0.2, 0.25) is 0 Å². The molecule has 1 saturated heterocycles. The van der Waals surface area contributed by atoms with Crippen LogP contribution in [0.15, 0.2) is 12.2 Å². The van der Waals surface area contributed by atoms with Gasteiger partial charge in [0, 0.05) is 19.3 Å². The molecule has 0 radical (unpaired) electrons. The van der Waals surface area contributed by atoms with Gasteiger partial charge in [0.05, 0.1) is 18.8 Å². The molecule has 2 fully saturated rings. The zero-order valence-corrected chi connectivity index (χ0v) is 12.4. The van der Waals surface area contributed by atoms with Crippen LogP contribution in [-0.4, -0.2) is 38.5 Å². The van der Waals surface area contributed by atoms with Gasteiger partial charge in [-0.25, -0.2) is 4.79 Å². The van der Waals surface area contributed by atoms with E-state index in [1.165, 1.54) is 0 Å². The first kappa shape index (κ1) is 15.5. The summed E-state index contributed by atoms with van der Waals surface area (Å²) in [4.78, 5) is 11.9. The van der Waals surface area contributed by atoms with Crippen LogP contribution in [0.5, 0.6) is 0 Å². The van der Waals surface area contributed by atoms with E-state index in [9.17, 15) is 4.79 Å². The van der Waals surface area contributed by atoms with E-state index in [1.807, 2.05) is 0 Å². The first-order valence-corrected chi connectivity index (χ1v) is 7.72. The number of hydrogen-bond donors (Lipinski definition) is 0. The number of hydrogen-bond acceptors (Lipinski definition) is 4. The van der Waals surface area contributed by atoms with Crippen molar-refractivity contribution in [3.8, 4) is 0 Å². The van der Waals surface area contributed by atoms with Gasteiger partial charge in [-0.3, -0.25) is 0 Å². The average molecular weight is 282 g/mol. The summed E-state index contributed by atoms with van der Waals surface area (Å²) in [5.74, 6) is 0.0407. The molecule has 20 heavy (non-hydrogen) atoms. The van der Waals surface area contributed by atoms with Crippen LogP contribution in [-0.2, 0) is 19.0 Å². The van der Waals surface area contributed by atoms with Gasteiger partial charge >= 0.3 is 5.97 Å². The van der Waals surface area contributed by atoms with Crippen molar-refractivity contribution in [2.24, 2.45) is 5.92 Å². The molecule has 1 heterocycles. The van der Waals surface area contributed by atoms with Gasteiger partial charge in [0.1, 0.15) is 0 Å². The summed E-state index contributed by atoms with van der Waals surface area (Å²) >= 11 is 0. The van der Waals surface area contributed by atoms with Crippen LogP contribution in [0.4, 0.5) is 0 Å². The van der Waals surface area contributed by atoms with E-state index in [2.05, 4.69) is 6.58 Å². The van der Waals surface area contributed by atoms with Crippen molar-refractivity contribution in [1.29, 1.82) is 0 Å². The number of unbranched alkanes of at least 4 members (excludes halogenated alkanes) is 3. The maximum absolute atomic E-state index is 11.9.